The van der Waals surface area contributed by atoms with Gasteiger partial charge in [0.15, 0.2) is 17.5 Å². The zero-order valence-electron chi connectivity index (χ0n) is 30.2. The second kappa shape index (κ2) is 13.0. The molecule has 0 aliphatic rings. The van der Waals surface area contributed by atoms with Gasteiger partial charge in [-0.25, -0.2) is 15.0 Å². The summed E-state index contributed by atoms with van der Waals surface area (Å²) < 4.78 is 9.00. The molecule has 0 saturated heterocycles. The van der Waals surface area contributed by atoms with E-state index in [2.05, 4.69) is 156 Å². The molecule has 8 aromatic carbocycles. The summed E-state index contributed by atoms with van der Waals surface area (Å²) in [6, 6.07) is 67.4. The van der Waals surface area contributed by atoms with Crippen LogP contribution in [0, 0.1) is 0 Å². The van der Waals surface area contributed by atoms with Gasteiger partial charge in [-0.2, -0.15) is 0 Å². The third kappa shape index (κ3) is 5.45. The SMILES string of the molecule is c1ccc(-c2cc(-c3ccccc3)cc(-c3nc(-c4ccccc4)nc(-c4ccc5c(c4)oc4cc6c7ccccc7n(-c7ccccc7)c6cc45)n3)c2)cc1. The first kappa shape index (κ1) is 31.9. The molecule has 0 aliphatic heterocycles. The van der Waals surface area contributed by atoms with Gasteiger partial charge in [0.1, 0.15) is 11.2 Å². The Hall–Kier alpha value is -7.63. The highest BCUT2D eigenvalue weighted by Crippen LogP contribution is 2.40. The van der Waals surface area contributed by atoms with E-state index >= 15 is 0 Å². The molecule has 0 spiro atoms. The maximum atomic E-state index is 6.67. The van der Waals surface area contributed by atoms with Crippen LogP contribution in [0.1, 0.15) is 0 Å². The van der Waals surface area contributed by atoms with Crippen molar-refractivity contribution in [2.24, 2.45) is 0 Å². The van der Waals surface area contributed by atoms with Crippen molar-refractivity contribution in [1.29, 1.82) is 0 Å². The van der Waals surface area contributed by atoms with Gasteiger partial charge in [0.25, 0.3) is 0 Å². The number of rotatable bonds is 6. The molecule has 0 saturated carbocycles. The highest BCUT2D eigenvalue weighted by Gasteiger charge is 2.19. The molecule has 3 heterocycles. The zero-order valence-corrected chi connectivity index (χ0v) is 30.2. The third-order valence-corrected chi connectivity index (χ3v) is 10.6. The highest BCUT2D eigenvalue weighted by molar-refractivity contribution is 6.17. The van der Waals surface area contributed by atoms with Crippen molar-refractivity contribution in [3.05, 3.63) is 194 Å². The second-order valence-electron chi connectivity index (χ2n) is 14.1. The predicted octanol–water partition coefficient (Wildman–Crippen LogP) is 13.2. The molecule has 0 bridgehead atoms. The number of fused-ring (bicyclic) bond motifs is 6. The molecule has 0 N–H and O–H groups in total. The quantitative estimate of drug-likeness (QED) is 0.172. The summed E-state index contributed by atoms with van der Waals surface area (Å²) in [4.78, 5) is 15.3. The molecule has 0 atom stereocenters. The second-order valence-corrected chi connectivity index (χ2v) is 14.1. The minimum Gasteiger partial charge on any atom is -0.456 e. The maximum Gasteiger partial charge on any atom is 0.164 e. The Kier molecular flexibility index (Phi) is 7.42. The summed E-state index contributed by atoms with van der Waals surface area (Å²) in [5.74, 6) is 1.79. The predicted molar refractivity (Wildman–Crippen MR) is 229 cm³/mol. The summed E-state index contributed by atoms with van der Waals surface area (Å²) in [7, 11) is 0. The molecule has 0 aliphatic carbocycles. The fraction of sp³-hybridized carbons (Fsp3) is 0. The van der Waals surface area contributed by atoms with Gasteiger partial charge in [-0.3, -0.25) is 0 Å². The minimum absolute atomic E-state index is 0.578. The average molecular weight is 717 g/mol. The summed E-state index contributed by atoms with van der Waals surface area (Å²) in [6.45, 7) is 0. The van der Waals surface area contributed by atoms with E-state index in [9.17, 15) is 0 Å². The molecule has 262 valence electrons. The van der Waals surface area contributed by atoms with E-state index in [1.807, 2.05) is 42.5 Å². The Morgan fingerprint density at radius 2 is 0.821 bits per heavy atom. The molecule has 0 amide bonds. The Balaban J connectivity index is 1.09. The Morgan fingerprint density at radius 3 is 1.48 bits per heavy atom. The van der Waals surface area contributed by atoms with Gasteiger partial charge in [-0.1, -0.05) is 133 Å². The third-order valence-electron chi connectivity index (χ3n) is 10.6. The monoisotopic (exact) mass is 716 g/mol. The number of para-hydroxylation sites is 2. The lowest BCUT2D eigenvalue weighted by Gasteiger charge is -2.12. The molecule has 5 nitrogen and oxygen atoms in total. The fourth-order valence-corrected chi connectivity index (χ4v) is 7.93. The van der Waals surface area contributed by atoms with E-state index in [1.165, 1.54) is 5.39 Å². The van der Waals surface area contributed by atoms with Crippen molar-refractivity contribution in [2.75, 3.05) is 0 Å². The van der Waals surface area contributed by atoms with Crippen molar-refractivity contribution in [3.8, 4) is 62.1 Å². The largest absolute Gasteiger partial charge is 0.456 e. The molecule has 0 radical (unpaired) electrons. The lowest BCUT2D eigenvalue weighted by atomic mass is 9.96. The van der Waals surface area contributed by atoms with Crippen molar-refractivity contribution < 1.29 is 4.42 Å². The van der Waals surface area contributed by atoms with Crippen LogP contribution < -0.4 is 0 Å². The number of hydrogen-bond acceptors (Lipinski definition) is 4. The van der Waals surface area contributed by atoms with E-state index in [1.54, 1.807) is 0 Å². The van der Waals surface area contributed by atoms with Crippen LogP contribution in [0.4, 0.5) is 0 Å². The van der Waals surface area contributed by atoms with Crippen molar-refractivity contribution in [1.82, 2.24) is 19.5 Å². The van der Waals surface area contributed by atoms with Crippen molar-refractivity contribution in [2.45, 2.75) is 0 Å². The van der Waals surface area contributed by atoms with E-state index in [4.69, 9.17) is 19.4 Å². The highest BCUT2D eigenvalue weighted by atomic mass is 16.3. The number of hydrogen-bond donors (Lipinski definition) is 0. The van der Waals surface area contributed by atoms with Crippen LogP contribution >= 0.6 is 0 Å². The molecular weight excluding hydrogens is 685 g/mol. The van der Waals surface area contributed by atoms with Gasteiger partial charge in [0.05, 0.1) is 11.0 Å². The first-order valence-corrected chi connectivity index (χ1v) is 18.8. The van der Waals surface area contributed by atoms with Crippen molar-refractivity contribution in [3.63, 3.8) is 0 Å². The topological polar surface area (TPSA) is 56.7 Å². The lowest BCUT2D eigenvalue weighted by Crippen LogP contribution is -2.00. The van der Waals surface area contributed by atoms with Crippen LogP contribution in [-0.4, -0.2) is 19.5 Å². The number of furan rings is 1. The molecule has 0 fully saturated rings. The summed E-state index contributed by atoms with van der Waals surface area (Å²) in [6.07, 6.45) is 0. The summed E-state index contributed by atoms with van der Waals surface area (Å²) >= 11 is 0. The van der Waals surface area contributed by atoms with Gasteiger partial charge in [0, 0.05) is 43.9 Å². The summed E-state index contributed by atoms with van der Waals surface area (Å²) in [5.41, 5.74) is 12.2. The first-order valence-electron chi connectivity index (χ1n) is 18.8. The van der Waals surface area contributed by atoms with Crippen molar-refractivity contribution >= 4 is 43.7 Å². The van der Waals surface area contributed by atoms with Crippen LogP contribution in [0.15, 0.2) is 199 Å². The van der Waals surface area contributed by atoms with E-state index in [-0.39, 0.29) is 0 Å². The van der Waals surface area contributed by atoms with Crippen LogP contribution in [0.3, 0.4) is 0 Å². The smallest absolute Gasteiger partial charge is 0.164 e. The summed E-state index contributed by atoms with van der Waals surface area (Å²) in [5, 5.41) is 4.44. The van der Waals surface area contributed by atoms with Crippen LogP contribution in [0.2, 0.25) is 0 Å². The zero-order chi connectivity index (χ0) is 37.0. The molecule has 3 aromatic heterocycles. The fourth-order valence-electron chi connectivity index (χ4n) is 7.93. The molecular formula is C51H32N4O. The van der Waals surface area contributed by atoms with Gasteiger partial charge in [-0.15, -0.1) is 0 Å². The van der Waals surface area contributed by atoms with E-state index in [0.29, 0.717) is 17.5 Å². The average Bonchev–Trinajstić information content (AvgIpc) is 3.80. The van der Waals surface area contributed by atoms with Crippen LogP contribution in [-0.2, 0) is 0 Å². The molecule has 11 aromatic rings. The van der Waals surface area contributed by atoms with E-state index < -0.39 is 0 Å². The Labute approximate surface area is 322 Å². The first-order chi connectivity index (χ1) is 27.7. The van der Waals surface area contributed by atoms with Gasteiger partial charge >= 0.3 is 0 Å². The normalized spacial score (nSPS) is 11.6. The minimum atomic E-state index is 0.578. The van der Waals surface area contributed by atoms with Gasteiger partial charge < -0.3 is 8.98 Å². The standard InChI is InChI=1S/C51H32N4O/c1-5-15-33(16-6-1)37-27-38(34-17-7-2-8-18-34)29-39(28-37)51-53-49(35-19-9-3-10-20-35)52-50(54-51)36-25-26-42-44-31-46-43(32-48(44)56-47(42)30-36)41-23-13-14-24-45(41)55(46)40-21-11-4-12-22-40/h1-32H. The number of benzene rings is 8. The number of aromatic nitrogens is 4. The Morgan fingerprint density at radius 1 is 0.304 bits per heavy atom. The molecule has 11 rings (SSSR count). The lowest BCUT2D eigenvalue weighted by molar-refractivity contribution is 0.669. The van der Waals surface area contributed by atoms with Crippen LogP contribution in [0.5, 0.6) is 0 Å². The maximum absolute atomic E-state index is 6.67. The molecule has 0 unspecified atom stereocenters. The molecule has 56 heavy (non-hydrogen) atoms. The number of nitrogens with zero attached hydrogens (tertiary/aromatic N) is 4. The van der Waals surface area contributed by atoms with Gasteiger partial charge in [0.2, 0.25) is 0 Å². The van der Waals surface area contributed by atoms with Gasteiger partial charge in [-0.05, 0) is 82.9 Å². The van der Waals surface area contributed by atoms with E-state index in [0.717, 1.165) is 83.0 Å². The Bertz CT molecular complexity index is 3170. The van der Waals surface area contributed by atoms with Crippen LogP contribution in [0.25, 0.3) is 106 Å². The molecule has 5 heteroatoms.